The van der Waals surface area contributed by atoms with Crippen LogP contribution in [0.3, 0.4) is 0 Å². The first-order valence-corrected chi connectivity index (χ1v) is 7.51. The largest absolute Gasteiger partial charge is 0.340 e. The van der Waals surface area contributed by atoms with E-state index in [0.29, 0.717) is 19.4 Å². The smallest absolute Gasteiger partial charge is 0.325 e. The van der Waals surface area contributed by atoms with Crippen molar-refractivity contribution in [2.75, 3.05) is 20.1 Å². The second-order valence-electron chi connectivity index (χ2n) is 6.05. The Morgan fingerprint density at radius 3 is 2.57 bits per heavy atom. The number of rotatable bonds is 4. The summed E-state index contributed by atoms with van der Waals surface area (Å²) in [6, 6.07) is -0.578. The van der Waals surface area contributed by atoms with E-state index in [1.807, 2.05) is 6.92 Å². The number of likely N-dealkylation sites (N-methyl/N-ethyl adjacent to an activating group) is 1. The Bertz CT molecular complexity index is 446. The van der Waals surface area contributed by atoms with E-state index in [-0.39, 0.29) is 24.4 Å². The average molecular weight is 296 g/mol. The first-order valence-electron chi connectivity index (χ1n) is 7.51. The fourth-order valence-corrected chi connectivity index (χ4v) is 2.96. The Balaban J connectivity index is 2.05. The van der Waals surface area contributed by atoms with Gasteiger partial charge in [0.1, 0.15) is 12.1 Å². The molecule has 1 spiro atoms. The van der Waals surface area contributed by atoms with Gasteiger partial charge in [0.25, 0.3) is 5.91 Å². The number of carbonyl (C=O) groups is 3. The van der Waals surface area contributed by atoms with Crippen LogP contribution in [0.25, 0.3) is 0 Å². The lowest BCUT2D eigenvalue weighted by Crippen LogP contribution is -2.49. The summed E-state index contributed by atoms with van der Waals surface area (Å²) in [5.74, 6) is -0.529. The maximum absolute atomic E-state index is 12.5. The van der Waals surface area contributed by atoms with E-state index >= 15 is 0 Å². The number of hydrogen-bond acceptors (Lipinski definition) is 4. The van der Waals surface area contributed by atoms with Gasteiger partial charge in [0, 0.05) is 19.6 Å². The second kappa shape index (κ2) is 6.01. The molecular weight excluding hydrogens is 272 g/mol. The van der Waals surface area contributed by atoms with Crippen molar-refractivity contribution in [3.8, 4) is 0 Å². The van der Waals surface area contributed by atoms with Crippen LogP contribution < -0.4 is 11.1 Å². The summed E-state index contributed by atoms with van der Waals surface area (Å²) >= 11 is 0. The molecule has 2 rings (SSSR count). The lowest BCUT2D eigenvalue weighted by atomic mass is 9.82. The van der Waals surface area contributed by atoms with Crippen molar-refractivity contribution < 1.29 is 14.4 Å². The molecule has 7 nitrogen and oxygen atoms in total. The van der Waals surface area contributed by atoms with E-state index < -0.39 is 11.6 Å². The first-order chi connectivity index (χ1) is 9.91. The molecule has 0 aromatic heterocycles. The van der Waals surface area contributed by atoms with Crippen molar-refractivity contribution in [3.05, 3.63) is 0 Å². The Labute approximate surface area is 124 Å². The minimum absolute atomic E-state index is 0.123. The molecule has 0 radical (unpaired) electrons. The zero-order chi connectivity index (χ0) is 15.6. The fourth-order valence-electron chi connectivity index (χ4n) is 2.96. The van der Waals surface area contributed by atoms with Gasteiger partial charge in [0.05, 0.1) is 0 Å². The molecule has 7 heteroatoms. The van der Waals surface area contributed by atoms with E-state index in [9.17, 15) is 14.4 Å². The highest BCUT2D eigenvalue weighted by molar-refractivity contribution is 6.09. The summed E-state index contributed by atoms with van der Waals surface area (Å²) in [7, 11) is 1.63. The third-order valence-electron chi connectivity index (χ3n) is 4.64. The van der Waals surface area contributed by atoms with Crippen LogP contribution >= 0.6 is 0 Å². The average Bonchev–Trinajstić information content (AvgIpc) is 2.70. The summed E-state index contributed by atoms with van der Waals surface area (Å²) in [5, 5.41) is 2.80. The van der Waals surface area contributed by atoms with Crippen LogP contribution in [-0.2, 0) is 9.59 Å². The predicted octanol–water partition coefficient (Wildman–Crippen LogP) is 0.0467. The number of imide groups is 1. The molecule has 0 aromatic carbocycles. The summed E-state index contributed by atoms with van der Waals surface area (Å²) in [4.78, 5) is 39.3. The van der Waals surface area contributed by atoms with Gasteiger partial charge in [-0.2, -0.15) is 0 Å². The molecule has 1 saturated heterocycles. The fraction of sp³-hybridized carbons (Fsp3) is 0.786. The maximum atomic E-state index is 12.5. The normalized spacial score (nSPS) is 22.3. The molecule has 1 aliphatic heterocycles. The Hall–Kier alpha value is -1.63. The van der Waals surface area contributed by atoms with Crippen LogP contribution in [0, 0.1) is 0 Å². The van der Waals surface area contributed by atoms with Crippen molar-refractivity contribution in [1.82, 2.24) is 15.1 Å². The maximum Gasteiger partial charge on any atom is 0.325 e. The highest BCUT2D eigenvalue weighted by Gasteiger charge is 2.51. The van der Waals surface area contributed by atoms with E-state index in [1.54, 1.807) is 7.05 Å². The molecule has 1 unspecified atom stereocenters. The lowest BCUT2D eigenvalue weighted by molar-refractivity contribution is -0.139. The molecule has 1 heterocycles. The summed E-state index contributed by atoms with van der Waals surface area (Å²) < 4.78 is 0. The standard InChI is InChI=1S/C14H24N4O3/c1-10(8-15)17(2)11(19)9-18-12(20)14(16-13(18)21)6-4-3-5-7-14/h10H,3-9,15H2,1-2H3,(H,16,21). The van der Waals surface area contributed by atoms with Crippen LogP contribution in [0.5, 0.6) is 0 Å². The number of carbonyl (C=O) groups excluding carboxylic acids is 3. The van der Waals surface area contributed by atoms with Crippen LogP contribution in [0.1, 0.15) is 39.0 Å². The van der Waals surface area contributed by atoms with Gasteiger partial charge in [-0.1, -0.05) is 19.3 Å². The topological polar surface area (TPSA) is 95.7 Å². The summed E-state index contributed by atoms with van der Waals surface area (Å²) in [5.41, 5.74) is 4.76. The molecule has 2 aliphatic rings. The van der Waals surface area contributed by atoms with Gasteiger partial charge in [-0.05, 0) is 19.8 Å². The summed E-state index contributed by atoms with van der Waals surface area (Å²) in [6.45, 7) is 1.95. The van der Waals surface area contributed by atoms with Gasteiger partial charge < -0.3 is 16.0 Å². The molecule has 3 N–H and O–H groups in total. The highest BCUT2D eigenvalue weighted by Crippen LogP contribution is 2.33. The Kier molecular flexibility index (Phi) is 4.51. The monoisotopic (exact) mass is 296 g/mol. The van der Waals surface area contributed by atoms with Crippen LogP contribution in [0.2, 0.25) is 0 Å². The molecule has 21 heavy (non-hydrogen) atoms. The van der Waals surface area contributed by atoms with Crippen LogP contribution in [-0.4, -0.2) is 59.4 Å². The van der Waals surface area contributed by atoms with Crippen molar-refractivity contribution in [1.29, 1.82) is 0 Å². The third-order valence-corrected chi connectivity index (χ3v) is 4.64. The number of amides is 4. The minimum Gasteiger partial charge on any atom is -0.340 e. The van der Waals surface area contributed by atoms with E-state index in [1.165, 1.54) is 4.90 Å². The van der Waals surface area contributed by atoms with Gasteiger partial charge in [0.15, 0.2) is 0 Å². The zero-order valence-corrected chi connectivity index (χ0v) is 12.7. The number of nitrogens with zero attached hydrogens (tertiary/aromatic N) is 2. The molecule has 0 aromatic rings. The van der Waals surface area contributed by atoms with Crippen molar-refractivity contribution >= 4 is 17.8 Å². The van der Waals surface area contributed by atoms with Gasteiger partial charge in [-0.25, -0.2) is 4.79 Å². The number of nitrogens with two attached hydrogens (primary N) is 1. The van der Waals surface area contributed by atoms with Crippen molar-refractivity contribution in [3.63, 3.8) is 0 Å². The number of hydrogen-bond donors (Lipinski definition) is 2. The van der Waals surface area contributed by atoms with Crippen LogP contribution in [0.15, 0.2) is 0 Å². The van der Waals surface area contributed by atoms with Gasteiger partial charge in [0.2, 0.25) is 5.91 Å². The Morgan fingerprint density at radius 1 is 1.38 bits per heavy atom. The van der Waals surface area contributed by atoms with Crippen molar-refractivity contribution in [2.24, 2.45) is 5.73 Å². The van der Waals surface area contributed by atoms with Gasteiger partial charge >= 0.3 is 6.03 Å². The molecule has 1 saturated carbocycles. The molecule has 1 atom stereocenters. The van der Waals surface area contributed by atoms with E-state index in [2.05, 4.69) is 5.32 Å². The van der Waals surface area contributed by atoms with Crippen LogP contribution in [0.4, 0.5) is 4.79 Å². The zero-order valence-electron chi connectivity index (χ0n) is 12.7. The predicted molar refractivity (Wildman–Crippen MR) is 77.3 cm³/mol. The molecule has 118 valence electrons. The highest BCUT2D eigenvalue weighted by atomic mass is 16.2. The quantitative estimate of drug-likeness (QED) is 0.716. The SMILES string of the molecule is CC(CN)N(C)C(=O)CN1C(=O)NC2(CCCCC2)C1=O. The van der Waals surface area contributed by atoms with Gasteiger partial charge in [-0.3, -0.25) is 14.5 Å². The van der Waals surface area contributed by atoms with Gasteiger partial charge in [-0.15, -0.1) is 0 Å². The van der Waals surface area contributed by atoms with E-state index in [0.717, 1.165) is 24.2 Å². The minimum atomic E-state index is -0.770. The first kappa shape index (κ1) is 15.8. The van der Waals surface area contributed by atoms with E-state index in [4.69, 9.17) is 5.73 Å². The molecular formula is C14H24N4O3. The molecule has 1 aliphatic carbocycles. The lowest BCUT2D eigenvalue weighted by Gasteiger charge is -2.30. The molecule has 0 bridgehead atoms. The number of nitrogens with one attached hydrogen (secondary N) is 1. The van der Waals surface area contributed by atoms with Crippen molar-refractivity contribution in [2.45, 2.75) is 50.6 Å². The Morgan fingerprint density at radius 2 is 2.00 bits per heavy atom. The molecule has 4 amide bonds. The summed E-state index contributed by atoms with van der Waals surface area (Å²) in [6.07, 6.45) is 4.27. The number of urea groups is 1. The third kappa shape index (κ3) is 2.88. The molecule has 2 fully saturated rings. The second-order valence-corrected chi connectivity index (χ2v) is 6.05.